The Kier molecular flexibility index (Phi) is 6.52. The van der Waals surface area contributed by atoms with Crippen molar-refractivity contribution in [3.63, 3.8) is 0 Å². The summed E-state index contributed by atoms with van der Waals surface area (Å²) in [5, 5.41) is 3.83. The molecule has 0 fully saturated rings. The molecule has 0 unspecified atom stereocenters. The number of hydrogen-bond acceptors (Lipinski definition) is 3. The van der Waals surface area contributed by atoms with Gasteiger partial charge in [-0.25, -0.2) is 0 Å². The molecule has 24 heavy (non-hydrogen) atoms. The van der Waals surface area contributed by atoms with Gasteiger partial charge in [-0.1, -0.05) is 50.6 Å². The van der Waals surface area contributed by atoms with Gasteiger partial charge < -0.3 is 14.8 Å². The quantitative estimate of drug-likeness (QED) is 0.729. The zero-order valence-electron chi connectivity index (χ0n) is 14.9. The SMILES string of the molecule is CNCc1cc(Cl)ccc1OCCOc1ccccc1C(C)(C)C. The second-order valence-corrected chi connectivity index (χ2v) is 7.16. The Hall–Kier alpha value is -1.71. The Labute approximate surface area is 149 Å². The van der Waals surface area contributed by atoms with E-state index in [-0.39, 0.29) is 5.41 Å². The second kappa shape index (κ2) is 8.41. The van der Waals surface area contributed by atoms with E-state index in [1.807, 2.05) is 43.4 Å². The van der Waals surface area contributed by atoms with Crippen LogP contribution in [0.5, 0.6) is 11.5 Å². The van der Waals surface area contributed by atoms with Crippen molar-refractivity contribution in [1.82, 2.24) is 5.32 Å². The molecule has 0 aromatic heterocycles. The molecule has 2 aromatic carbocycles. The number of benzene rings is 2. The Morgan fingerprint density at radius 2 is 1.62 bits per heavy atom. The highest BCUT2D eigenvalue weighted by atomic mass is 35.5. The maximum Gasteiger partial charge on any atom is 0.124 e. The predicted molar refractivity (Wildman–Crippen MR) is 100 cm³/mol. The molecule has 0 saturated heterocycles. The summed E-state index contributed by atoms with van der Waals surface area (Å²) in [6, 6.07) is 13.8. The van der Waals surface area contributed by atoms with Crippen LogP contribution in [0.1, 0.15) is 31.9 Å². The van der Waals surface area contributed by atoms with Crippen molar-refractivity contribution in [3.8, 4) is 11.5 Å². The number of hydrogen-bond donors (Lipinski definition) is 1. The monoisotopic (exact) mass is 347 g/mol. The zero-order valence-corrected chi connectivity index (χ0v) is 15.6. The van der Waals surface area contributed by atoms with Crippen LogP contribution >= 0.6 is 11.6 Å². The third-order valence-corrected chi connectivity index (χ3v) is 3.92. The first-order chi connectivity index (χ1) is 11.4. The van der Waals surface area contributed by atoms with E-state index in [0.29, 0.717) is 24.8 Å². The predicted octanol–water partition coefficient (Wildman–Crippen LogP) is 4.81. The van der Waals surface area contributed by atoms with Crippen molar-refractivity contribution in [2.45, 2.75) is 32.7 Å². The van der Waals surface area contributed by atoms with E-state index in [9.17, 15) is 0 Å². The van der Waals surface area contributed by atoms with E-state index in [1.165, 1.54) is 5.56 Å². The number of halogens is 1. The van der Waals surface area contributed by atoms with Gasteiger partial charge in [-0.05, 0) is 42.3 Å². The van der Waals surface area contributed by atoms with Crippen molar-refractivity contribution < 1.29 is 9.47 Å². The molecule has 0 aliphatic carbocycles. The van der Waals surface area contributed by atoms with Gasteiger partial charge in [0.15, 0.2) is 0 Å². The Bertz CT molecular complexity index is 665. The molecule has 0 bridgehead atoms. The van der Waals surface area contributed by atoms with Crippen LogP contribution in [0.3, 0.4) is 0 Å². The van der Waals surface area contributed by atoms with Crippen molar-refractivity contribution >= 4 is 11.6 Å². The van der Waals surface area contributed by atoms with Gasteiger partial charge in [0.05, 0.1) is 0 Å². The summed E-state index contributed by atoms with van der Waals surface area (Å²) in [6.07, 6.45) is 0. The Morgan fingerprint density at radius 3 is 2.29 bits per heavy atom. The minimum Gasteiger partial charge on any atom is -0.490 e. The third kappa shape index (κ3) is 5.15. The van der Waals surface area contributed by atoms with E-state index in [2.05, 4.69) is 32.2 Å². The standard InChI is InChI=1S/C20H26ClNO2/c1-20(2,3)17-7-5-6-8-19(17)24-12-11-23-18-10-9-16(21)13-15(18)14-22-4/h5-10,13,22H,11-12,14H2,1-4H3. The van der Waals surface area contributed by atoms with Crippen molar-refractivity contribution in [2.75, 3.05) is 20.3 Å². The Balaban J connectivity index is 1.95. The summed E-state index contributed by atoms with van der Waals surface area (Å²) in [5.74, 6) is 1.75. The fraction of sp³-hybridized carbons (Fsp3) is 0.400. The van der Waals surface area contributed by atoms with Crippen molar-refractivity contribution in [2.24, 2.45) is 0 Å². The number of para-hydroxylation sites is 1. The molecule has 0 radical (unpaired) electrons. The smallest absolute Gasteiger partial charge is 0.124 e. The second-order valence-electron chi connectivity index (χ2n) is 6.73. The van der Waals surface area contributed by atoms with E-state index < -0.39 is 0 Å². The highest BCUT2D eigenvalue weighted by Crippen LogP contribution is 2.31. The molecule has 0 aliphatic rings. The zero-order chi connectivity index (χ0) is 17.6. The molecule has 4 heteroatoms. The minimum absolute atomic E-state index is 0.0492. The molecule has 3 nitrogen and oxygen atoms in total. The lowest BCUT2D eigenvalue weighted by molar-refractivity contribution is 0.213. The number of rotatable bonds is 7. The molecule has 2 rings (SSSR count). The van der Waals surface area contributed by atoms with E-state index >= 15 is 0 Å². The number of ether oxygens (including phenoxy) is 2. The number of nitrogens with one attached hydrogen (secondary N) is 1. The van der Waals surface area contributed by atoms with Gasteiger partial charge in [0.2, 0.25) is 0 Å². The molecule has 0 saturated carbocycles. The van der Waals surface area contributed by atoms with Gasteiger partial charge in [0, 0.05) is 17.1 Å². The molecule has 0 spiro atoms. The van der Waals surface area contributed by atoms with Gasteiger partial charge in [-0.2, -0.15) is 0 Å². The summed E-state index contributed by atoms with van der Waals surface area (Å²) in [7, 11) is 1.90. The highest BCUT2D eigenvalue weighted by Gasteiger charge is 2.18. The maximum atomic E-state index is 6.05. The van der Waals surface area contributed by atoms with Crippen LogP contribution in [0.2, 0.25) is 5.02 Å². The molecule has 0 heterocycles. The summed E-state index contributed by atoms with van der Waals surface area (Å²) >= 11 is 6.05. The first kappa shape index (κ1) is 18.6. The average Bonchev–Trinajstić information content (AvgIpc) is 2.53. The summed E-state index contributed by atoms with van der Waals surface area (Å²) in [5.41, 5.74) is 2.29. The largest absolute Gasteiger partial charge is 0.490 e. The molecule has 130 valence electrons. The van der Waals surface area contributed by atoms with E-state index in [1.54, 1.807) is 0 Å². The fourth-order valence-corrected chi connectivity index (χ4v) is 2.73. The van der Waals surface area contributed by atoms with Gasteiger partial charge in [0.25, 0.3) is 0 Å². The maximum absolute atomic E-state index is 6.05. The molecular formula is C20H26ClNO2. The van der Waals surface area contributed by atoms with Crippen LogP contribution in [-0.2, 0) is 12.0 Å². The van der Waals surface area contributed by atoms with E-state index in [4.69, 9.17) is 21.1 Å². The van der Waals surface area contributed by atoms with Crippen LogP contribution in [-0.4, -0.2) is 20.3 Å². The first-order valence-corrected chi connectivity index (χ1v) is 8.58. The molecular weight excluding hydrogens is 322 g/mol. The van der Waals surface area contributed by atoms with Crippen LogP contribution in [0, 0.1) is 0 Å². The lowest BCUT2D eigenvalue weighted by atomic mass is 9.86. The summed E-state index contributed by atoms with van der Waals surface area (Å²) in [6.45, 7) is 8.24. The normalized spacial score (nSPS) is 11.4. The van der Waals surface area contributed by atoms with Crippen LogP contribution in [0.25, 0.3) is 0 Å². The van der Waals surface area contributed by atoms with Crippen LogP contribution < -0.4 is 14.8 Å². The summed E-state index contributed by atoms with van der Waals surface area (Å²) in [4.78, 5) is 0. The van der Waals surface area contributed by atoms with Gasteiger partial charge in [-0.15, -0.1) is 0 Å². The minimum atomic E-state index is 0.0492. The van der Waals surface area contributed by atoms with Gasteiger partial charge in [0.1, 0.15) is 24.7 Å². The molecule has 0 aliphatic heterocycles. The lowest BCUT2D eigenvalue weighted by Crippen LogP contribution is -2.16. The molecule has 0 amide bonds. The van der Waals surface area contributed by atoms with Crippen molar-refractivity contribution in [3.05, 3.63) is 58.6 Å². The molecule has 0 atom stereocenters. The van der Waals surface area contributed by atoms with Crippen LogP contribution in [0.15, 0.2) is 42.5 Å². The van der Waals surface area contributed by atoms with E-state index in [0.717, 1.165) is 17.1 Å². The van der Waals surface area contributed by atoms with Crippen molar-refractivity contribution in [1.29, 1.82) is 0 Å². The van der Waals surface area contributed by atoms with Gasteiger partial charge >= 0.3 is 0 Å². The first-order valence-electron chi connectivity index (χ1n) is 8.20. The molecule has 1 N–H and O–H groups in total. The average molecular weight is 348 g/mol. The van der Waals surface area contributed by atoms with Crippen LogP contribution in [0.4, 0.5) is 0 Å². The summed E-state index contributed by atoms with van der Waals surface area (Å²) < 4.78 is 11.8. The third-order valence-electron chi connectivity index (χ3n) is 3.68. The topological polar surface area (TPSA) is 30.5 Å². The molecule has 2 aromatic rings. The van der Waals surface area contributed by atoms with Gasteiger partial charge in [-0.3, -0.25) is 0 Å². The fourth-order valence-electron chi connectivity index (χ4n) is 2.53. The lowest BCUT2D eigenvalue weighted by Gasteiger charge is -2.22. The highest BCUT2D eigenvalue weighted by molar-refractivity contribution is 6.30. The Morgan fingerprint density at radius 1 is 0.958 bits per heavy atom.